The molecular formula is C5H10ClNNaO7P. The molecule has 16 heavy (non-hydrogen) atoms. The maximum atomic E-state index is 10.5. The van der Waals surface area contributed by atoms with Gasteiger partial charge in [0.2, 0.25) is 0 Å². The third-order valence-corrected chi connectivity index (χ3v) is 1.87. The molecule has 0 heterocycles. The van der Waals surface area contributed by atoms with E-state index in [0.717, 1.165) is 0 Å². The smallest absolute Gasteiger partial charge is 1.00 e. The van der Waals surface area contributed by atoms with Crippen LogP contribution in [0.3, 0.4) is 0 Å². The molecule has 0 aliphatic rings. The van der Waals surface area contributed by atoms with E-state index < -0.39 is 38.9 Å². The first-order valence-corrected chi connectivity index (χ1v) is 5.21. The van der Waals surface area contributed by atoms with E-state index in [4.69, 9.17) is 20.0 Å². The van der Waals surface area contributed by atoms with Gasteiger partial charge in [-0.3, -0.25) is 19.1 Å². The van der Waals surface area contributed by atoms with Gasteiger partial charge in [0.25, 0.3) is 0 Å². The van der Waals surface area contributed by atoms with Crippen LogP contribution in [0.15, 0.2) is 0 Å². The van der Waals surface area contributed by atoms with Gasteiger partial charge in [-0.2, -0.15) is 0 Å². The van der Waals surface area contributed by atoms with Gasteiger partial charge in [0, 0.05) is 0 Å². The summed E-state index contributed by atoms with van der Waals surface area (Å²) in [5.41, 5.74) is 0. The van der Waals surface area contributed by atoms with Gasteiger partial charge in [-0.25, -0.2) is 0 Å². The van der Waals surface area contributed by atoms with Gasteiger partial charge in [0.05, 0.1) is 13.1 Å². The number of nitrogens with zero attached hydrogens (tertiary/aromatic N) is 1. The molecule has 0 bridgehead atoms. The monoisotopic (exact) mass is 285 g/mol. The average molecular weight is 286 g/mol. The topological polar surface area (TPSA) is 135 Å². The van der Waals surface area contributed by atoms with Crippen molar-refractivity contribution in [3.63, 3.8) is 0 Å². The Morgan fingerprint density at radius 1 is 1.06 bits per heavy atom. The number of halogens is 1. The Morgan fingerprint density at radius 3 is 1.56 bits per heavy atom. The Morgan fingerprint density at radius 2 is 1.38 bits per heavy atom. The van der Waals surface area contributed by atoms with Gasteiger partial charge in [-0.05, 0) is 0 Å². The molecule has 0 atom stereocenters. The summed E-state index contributed by atoms with van der Waals surface area (Å²) in [4.78, 5) is 38.0. The molecule has 0 aromatic carbocycles. The predicted molar refractivity (Wildman–Crippen MR) is 43.8 cm³/mol. The Bertz CT molecular complexity index is 266. The molecule has 90 valence electrons. The standard InChI is InChI=1S/C5H10NO7P.ClH.Na/c7-4(8)1-6(2-5(9)10)3-14(11,12)13;;/h1-3H2,(H,7,8)(H,9,10)(H2,11,12,13);1H;/q;;+1/p-1. The van der Waals surface area contributed by atoms with E-state index in [2.05, 4.69) is 0 Å². The van der Waals surface area contributed by atoms with Gasteiger partial charge in [-0.15, -0.1) is 0 Å². The molecule has 0 fully saturated rings. The molecule has 0 saturated carbocycles. The maximum Gasteiger partial charge on any atom is 1.00 e. The third kappa shape index (κ3) is 14.3. The Kier molecular flexibility index (Phi) is 12.7. The molecule has 0 saturated heterocycles. The van der Waals surface area contributed by atoms with Crippen LogP contribution in [0.2, 0.25) is 0 Å². The van der Waals surface area contributed by atoms with Gasteiger partial charge in [-0.1, -0.05) is 0 Å². The number of carbonyl (C=O) groups is 2. The van der Waals surface area contributed by atoms with E-state index >= 15 is 0 Å². The Balaban J connectivity index is -0.000000845. The van der Waals surface area contributed by atoms with Crippen molar-refractivity contribution in [1.29, 1.82) is 0 Å². The number of hydrogen-bond acceptors (Lipinski definition) is 4. The molecule has 0 aliphatic heterocycles. The van der Waals surface area contributed by atoms with Crippen LogP contribution in [-0.2, 0) is 14.2 Å². The Hall–Kier alpha value is 0.340. The van der Waals surface area contributed by atoms with E-state index in [-0.39, 0.29) is 42.0 Å². The number of carboxylic acids is 2. The van der Waals surface area contributed by atoms with Gasteiger partial charge < -0.3 is 32.4 Å². The molecule has 0 spiro atoms. The number of hydrogen-bond donors (Lipinski definition) is 4. The summed E-state index contributed by atoms with van der Waals surface area (Å²) in [7, 11) is -4.44. The Labute approximate surface area is 119 Å². The van der Waals surface area contributed by atoms with E-state index in [1.54, 1.807) is 0 Å². The third-order valence-electron chi connectivity index (χ3n) is 1.10. The molecule has 0 aliphatic carbocycles. The SMILES string of the molecule is O=C(O)CN(CC(=O)O)CP(=O)(O)O.[Cl-].[Na+]. The second-order valence-corrected chi connectivity index (χ2v) is 4.19. The van der Waals surface area contributed by atoms with Crippen LogP contribution in [0, 0.1) is 0 Å². The second kappa shape index (κ2) is 9.38. The summed E-state index contributed by atoms with van der Waals surface area (Å²) in [6.07, 6.45) is -0.883. The summed E-state index contributed by atoms with van der Waals surface area (Å²) in [5, 5.41) is 16.6. The molecule has 0 aromatic rings. The number of carboxylic acid groups (broad SMARTS) is 2. The molecule has 0 unspecified atom stereocenters. The zero-order valence-electron chi connectivity index (χ0n) is 8.41. The van der Waals surface area contributed by atoms with Crippen molar-refractivity contribution in [3.8, 4) is 0 Å². The molecule has 0 rings (SSSR count). The number of aliphatic carboxylic acids is 2. The van der Waals surface area contributed by atoms with Crippen molar-refractivity contribution >= 4 is 19.5 Å². The molecular weight excluding hydrogens is 275 g/mol. The van der Waals surface area contributed by atoms with Crippen molar-refractivity contribution < 1.29 is 76.1 Å². The van der Waals surface area contributed by atoms with E-state index in [1.807, 2.05) is 0 Å². The van der Waals surface area contributed by atoms with E-state index in [9.17, 15) is 14.2 Å². The maximum absolute atomic E-state index is 10.5. The fourth-order valence-electron chi connectivity index (χ4n) is 0.799. The van der Waals surface area contributed by atoms with Crippen molar-refractivity contribution in [2.45, 2.75) is 0 Å². The van der Waals surface area contributed by atoms with E-state index in [0.29, 0.717) is 4.90 Å². The van der Waals surface area contributed by atoms with Crippen molar-refractivity contribution in [2.75, 3.05) is 19.4 Å². The molecule has 0 radical (unpaired) electrons. The zero-order chi connectivity index (χ0) is 11.4. The fourth-order valence-corrected chi connectivity index (χ4v) is 1.52. The van der Waals surface area contributed by atoms with Gasteiger partial charge in [0.1, 0.15) is 6.29 Å². The fraction of sp³-hybridized carbons (Fsp3) is 0.600. The van der Waals surface area contributed by atoms with Gasteiger partial charge in [0.15, 0.2) is 0 Å². The second-order valence-electron chi connectivity index (χ2n) is 2.58. The van der Waals surface area contributed by atoms with Crippen LogP contribution >= 0.6 is 7.60 Å². The first-order valence-electron chi connectivity index (χ1n) is 3.41. The van der Waals surface area contributed by atoms with Crippen molar-refractivity contribution in [2.24, 2.45) is 0 Å². The summed E-state index contributed by atoms with van der Waals surface area (Å²) < 4.78 is 10.5. The number of rotatable bonds is 6. The van der Waals surface area contributed by atoms with Crippen LogP contribution in [0.5, 0.6) is 0 Å². The summed E-state index contributed by atoms with van der Waals surface area (Å²) in [5.74, 6) is -2.70. The summed E-state index contributed by atoms with van der Waals surface area (Å²) >= 11 is 0. The van der Waals surface area contributed by atoms with Crippen molar-refractivity contribution in [3.05, 3.63) is 0 Å². The minimum absolute atomic E-state index is 0. The van der Waals surface area contributed by atoms with Crippen LogP contribution in [-0.4, -0.2) is 56.2 Å². The minimum Gasteiger partial charge on any atom is -1.00 e. The van der Waals surface area contributed by atoms with Crippen LogP contribution < -0.4 is 42.0 Å². The van der Waals surface area contributed by atoms with Gasteiger partial charge >= 0.3 is 49.1 Å². The largest absolute Gasteiger partial charge is 1.00 e. The quantitative estimate of drug-likeness (QED) is 0.279. The molecule has 8 nitrogen and oxygen atoms in total. The summed E-state index contributed by atoms with van der Waals surface area (Å²) in [6, 6.07) is 0. The normalized spacial score (nSPS) is 10.2. The first-order chi connectivity index (χ1) is 6.20. The predicted octanol–water partition coefficient (Wildman–Crippen LogP) is -7.40. The molecule has 11 heteroatoms. The van der Waals surface area contributed by atoms with Crippen LogP contribution in [0.4, 0.5) is 0 Å². The molecule has 0 amide bonds. The van der Waals surface area contributed by atoms with Crippen LogP contribution in [0.25, 0.3) is 0 Å². The molecule has 4 N–H and O–H groups in total. The minimum atomic E-state index is -4.44. The van der Waals surface area contributed by atoms with E-state index in [1.165, 1.54) is 0 Å². The zero-order valence-corrected chi connectivity index (χ0v) is 12.1. The first kappa shape index (κ1) is 21.6. The summed E-state index contributed by atoms with van der Waals surface area (Å²) in [6.45, 7) is -1.45. The average Bonchev–Trinajstić information content (AvgIpc) is 1.77. The van der Waals surface area contributed by atoms with Crippen LogP contribution in [0.1, 0.15) is 0 Å². The van der Waals surface area contributed by atoms with Crippen molar-refractivity contribution in [1.82, 2.24) is 4.90 Å². The molecule has 0 aromatic heterocycles.